The molecule has 2 aromatic rings. The van der Waals surface area contributed by atoms with E-state index in [1.807, 2.05) is 30.3 Å². The van der Waals surface area contributed by atoms with Crippen molar-refractivity contribution in [2.75, 3.05) is 0 Å². The van der Waals surface area contributed by atoms with Gasteiger partial charge in [-0.2, -0.15) is 5.01 Å². The highest BCUT2D eigenvalue weighted by Crippen LogP contribution is 2.31. The van der Waals surface area contributed by atoms with Crippen molar-refractivity contribution in [3.63, 3.8) is 0 Å². The first kappa shape index (κ1) is 14.8. The van der Waals surface area contributed by atoms with Crippen molar-refractivity contribution in [1.82, 2.24) is 9.99 Å². The lowest BCUT2D eigenvalue weighted by Crippen LogP contribution is -2.25. The Balaban J connectivity index is 2.00. The third kappa shape index (κ3) is 2.77. The highest BCUT2D eigenvalue weighted by Gasteiger charge is 2.34. The quantitative estimate of drug-likeness (QED) is 0.787. The average molecular weight is 336 g/mol. The van der Waals surface area contributed by atoms with Gasteiger partial charge in [-0.25, -0.2) is 4.98 Å². The number of carbonyl (C=O) groups excluding carboxylic acids is 1. The molecule has 0 spiro atoms. The molecule has 0 saturated carbocycles. The Morgan fingerprint density at radius 3 is 2.59 bits per heavy atom. The maximum Gasteiger partial charge on any atom is 0.261 e. The number of amides is 1. The Bertz CT molecular complexity index is 750. The minimum Gasteiger partial charge on any atom is -0.445 e. The lowest BCUT2D eigenvalue weighted by molar-refractivity contribution is -0.135. The lowest BCUT2D eigenvalue weighted by atomic mass is 10.2. The highest BCUT2D eigenvalue weighted by atomic mass is 35.5. The SMILES string of the molecule is CC(=O)N1N=C(c2nc(Cl)ccc2Cl)O[C@@H]1c1ccccc1. The Labute approximate surface area is 137 Å². The fourth-order valence-corrected chi connectivity index (χ4v) is 2.40. The van der Waals surface area contributed by atoms with Gasteiger partial charge in [-0.05, 0) is 12.1 Å². The van der Waals surface area contributed by atoms with E-state index in [1.165, 1.54) is 11.9 Å². The van der Waals surface area contributed by atoms with Gasteiger partial charge in [0.05, 0.1) is 5.02 Å². The molecule has 7 heteroatoms. The normalized spacial score (nSPS) is 17.1. The van der Waals surface area contributed by atoms with Crippen LogP contribution in [0.4, 0.5) is 0 Å². The number of ether oxygens (including phenoxy) is 1. The van der Waals surface area contributed by atoms with Crippen LogP contribution in [0.1, 0.15) is 24.4 Å². The molecule has 22 heavy (non-hydrogen) atoms. The Kier molecular flexibility index (Phi) is 4.00. The van der Waals surface area contributed by atoms with Crippen molar-refractivity contribution in [1.29, 1.82) is 0 Å². The van der Waals surface area contributed by atoms with Gasteiger partial charge in [-0.15, -0.1) is 5.10 Å². The van der Waals surface area contributed by atoms with Crippen LogP contribution in [0.15, 0.2) is 47.6 Å². The maximum atomic E-state index is 11.8. The predicted octanol–water partition coefficient (Wildman–Crippen LogP) is 3.63. The van der Waals surface area contributed by atoms with Gasteiger partial charge in [0.25, 0.3) is 5.90 Å². The van der Waals surface area contributed by atoms with Crippen molar-refractivity contribution < 1.29 is 9.53 Å². The molecule has 1 atom stereocenters. The summed E-state index contributed by atoms with van der Waals surface area (Å²) in [5.41, 5.74) is 1.11. The molecule has 0 saturated heterocycles. The van der Waals surface area contributed by atoms with Crippen LogP contribution in [-0.2, 0) is 9.53 Å². The van der Waals surface area contributed by atoms with E-state index in [9.17, 15) is 4.79 Å². The maximum absolute atomic E-state index is 11.8. The Morgan fingerprint density at radius 1 is 1.18 bits per heavy atom. The molecule has 1 aliphatic heterocycles. The van der Waals surface area contributed by atoms with E-state index in [2.05, 4.69) is 10.1 Å². The minimum atomic E-state index is -0.648. The largest absolute Gasteiger partial charge is 0.445 e. The summed E-state index contributed by atoms with van der Waals surface area (Å²) in [6.45, 7) is 1.42. The standard InChI is InChI=1S/C15H11Cl2N3O2/c1-9(21)20-15(10-5-3-2-4-6-10)22-14(19-20)13-11(16)7-8-12(17)18-13/h2-8,15H,1H3/t15-/m1/s1. The van der Waals surface area contributed by atoms with Crippen LogP contribution in [0, 0.1) is 0 Å². The molecule has 0 fully saturated rings. The van der Waals surface area contributed by atoms with Crippen molar-refractivity contribution in [3.05, 3.63) is 63.9 Å². The smallest absolute Gasteiger partial charge is 0.261 e. The van der Waals surface area contributed by atoms with Crippen LogP contribution >= 0.6 is 23.2 Å². The van der Waals surface area contributed by atoms with Crippen molar-refractivity contribution in [2.45, 2.75) is 13.2 Å². The fraction of sp³-hybridized carbons (Fsp3) is 0.133. The zero-order valence-electron chi connectivity index (χ0n) is 11.5. The van der Waals surface area contributed by atoms with Gasteiger partial charge in [0.1, 0.15) is 10.8 Å². The number of aromatic nitrogens is 1. The van der Waals surface area contributed by atoms with Crippen LogP contribution in [-0.4, -0.2) is 21.8 Å². The van der Waals surface area contributed by atoms with Crippen molar-refractivity contribution in [3.8, 4) is 0 Å². The number of pyridine rings is 1. The second-order valence-corrected chi connectivity index (χ2v) is 5.41. The van der Waals surface area contributed by atoms with E-state index >= 15 is 0 Å². The lowest BCUT2D eigenvalue weighted by Gasteiger charge is -2.19. The van der Waals surface area contributed by atoms with Gasteiger partial charge in [-0.3, -0.25) is 4.79 Å². The highest BCUT2D eigenvalue weighted by molar-refractivity contribution is 6.34. The summed E-state index contributed by atoms with van der Waals surface area (Å²) in [5.74, 6) is -0.0847. The zero-order chi connectivity index (χ0) is 15.7. The number of hydrogen-bond donors (Lipinski definition) is 0. The minimum absolute atomic E-state index is 0.163. The van der Waals surface area contributed by atoms with Crippen LogP contribution in [0.5, 0.6) is 0 Å². The van der Waals surface area contributed by atoms with Gasteiger partial charge in [0.15, 0.2) is 0 Å². The molecule has 1 aromatic heterocycles. The molecule has 5 nitrogen and oxygen atoms in total. The fourth-order valence-electron chi connectivity index (χ4n) is 2.06. The summed E-state index contributed by atoms with van der Waals surface area (Å²) in [6.07, 6.45) is -0.648. The van der Waals surface area contributed by atoms with Crippen molar-refractivity contribution >= 4 is 35.0 Å². The summed E-state index contributed by atoms with van der Waals surface area (Å²) in [6, 6.07) is 12.5. The van der Waals surface area contributed by atoms with Gasteiger partial charge in [0.2, 0.25) is 12.1 Å². The molecule has 112 valence electrons. The first-order valence-corrected chi connectivity index (χ1v) is 7.24. The second kappa shape index (κ2) is 5.94. The van der Waals surface area contributed by atoms with E-state index in [0.717, 1.165) is 5.56 Å². The van der Waals surface area contributed by atoms with Gasteiger partial charge in [-0.1, -0.05) is 53.5 Å². The van der Waals surface area contributed by atoms with E-state index in [1.54, 1.807) is 12.1 Å². The third-order valence-corrected chi connectivity index (χ3v) is 3.58. The van der Waals surface area contributed by atoms with Crippen molar-refractivity contribution in [2.24, 2.45) is 5.10 Å². The summed E-state index contributed by atoms with van der Waals surface area (Å²) >= 11 is 12.0. The molecule has 0 unspecified atom stereocenters. The van der Waals surface area contributed by atoms with Crippen LogP contribution in [0.25, 0.3) is 0 Å². The molecule has 0 radical (unpaired) electrons. The van der Waals surface area contributed by atoms with E-state index < -0.39 is 6.23 Å². The number of carbonyl (C=O) groups is 1. The first-order chi connectivity index (χ1) is 10.6. The first-order valence-electron chi connectivity index (χ1n) is 6.48. The van der Waals surface area contributed by atoms with Crippen LogP contribution in [0.2, 0.25) is 10.2 Å². The molecule has 1 aromatic carbocycles. The topological polar surface area (TPSA) is 54.8 Å². The van der Waals surface area contributed by atoms with Gasteiger partial charge < -0.3 is 4.74 Å². The number of hydrogen-bond acceptors (Lipinski definition) is 4. The number of halogens is 2. The number of rotatable bonds is 2. The molecule has 0 bridgehead atoms. The summed E-state index contributed by atoms with van der Waals surface area (Å²) in [4.78, 5) is 15.9. The number of hydrazone groups is 1. The van der Waals surface area contributed by atoms with Gasteiger partial charge in [0, 0.05) is 12.5 Å². The molecule has 0 N–H and O–H groups in total. The second-order valence-electron chi connectivity index (χ2n) is 4.61. The van der Waals surface area contributed by atoms with E-state index in [0.29, 0.717) is 10.7 Å². The Morgan fingerprint density at radius 2 is 1.91 bits per heavy atom. The summed E-state index contributed by atoms with van der Waals surface area (Å²) < 4.78 is 5.79. The van der Waals surface area contributed by atoms with Crippen LogP contribution < -0.4 is 0 Å². The number of nitrogens with zero attached hydrogens (tertiary/aromatic N) is 3. The van der Waals surface area contributed by atoms with E-state index in [4.69, 9.17) is 27.9 Å². The molecule has 2 heterocycles. The molecular formula is C15H11Cl2N3O2. The summed E-state index contributed by atoms with van der Waals surface area (Å²) in [7, 11) is 0. The predicted molar refractivity (Wildman–Crippen MR) is 83.6 cm³/mol. The monoisotopic (exact) mass is 335 g/mol. The van der Waals surface area contributed by atoms with Gasteiger partial charge >= 0.3 is 0 Å². The van der Waals surface area contributed by atoms with E-state index in [-0.39, 0.29) is 17.0 Å². The third-order valence-electron chi connectivity index (χ3n) is 3.07. The molecule has 1 aliphatic rings. The molecule has 1 amide bonds. The zero-order valence-corrected chi connectivity index (χ0v) is 13.0. The number of benzene rings is 1. The molecule has 3 rings (SSSR count). The molecular weight excluding hydrogens is 325 g/mol. The average Bonchev–Trinajstić information content (AvgIpc) is 2.96. The van der Waals surface area contributed by atoms with Crippen LogP contribution in [0.3, 0.4) is 0 Å². The Hall–Kier alpha value is -2.11. The molecule has 0 aliphatic carbocycles. The summed E-state index contributed by atoms with van der Waals surface area (Å²) in [5, 5.41) is 6.06.